The van der Waals surface area contributed by atoms with Gasteiger partial charge < -0.3 is 24.0 Å². The van der Waals surface area contributed by atoms with E-state index in [0.29, 0.717) is 19.8 Å². The van der Waals surface area contributed by atoms with Crippen molar-refractivity contribution in [2.24, 2.45) is 0 Å². The maximum atomic E-state index is 13.1. The van der Waals surface area contributed by atoms with E-state index < -0.39 is 0 Å². The molecule has 1 amide bonds. The van der Waals surface area contributed by atoms with Gasteiger partial charge in [0.15, 0.2) is 11.5 Å². The fourth-order valence-electron chi connectivity index (χ4n) is 4.94. The number of ether oxygens (including phenoxy) is 3. The summed E-state index contributed by atoms with van der Waals surface area (Å²) in [7, 11) is 1.68. The van der Waals surface area contributed by atoms with Crippen molar-refractivity contribution in [3.63, 3.8) is 0 Å². The first-order valence-electron chi connectivity index (χ1n) is 11.5. The van der Waals surface area contributed by atoms with E-state index in [1.54, 1.807) is 7.11 Å². The van der Waals surface area contributed by atoms with Gasteiger partial charge in [0.25, 0.3) is 0 Å². The predicted octanol–water partition coefficient (Wildman–Crippen LogP) is 2.95. The average molecular weight is 438 g/mol. The normalized spacial score (nSPS) is 21.0. The molecule has 0 aliphatic carbocycles. The molecule has 0 bridgehead atoms. The SMILES string of the molecule is COc1ccc(N2CCN(C(=O)CN3CCCC3c3ccc4c(c3)OCCO4)CC2)cc1. The molecule has 0 radical (unpaired) electrons. The molecule has 3 aliphatic rings. The summed E-state index contributed by atoms with van der Waals surface area (Å²) in [6.45, 7) is 5.83. The molecular formula is C25H31N3O4. The van der Waals surface area contributed by atoms with E-state index >= 15 is 0 Å². The Balaban J connectivity index is 1.17. The molecule has 1 unspecified atom stereocenters. The minimum Gasteiger partial charge on any atom is -0.497 e. The summed E-state index contributed by atoms with van der Waals surface area (Å²) >= 11 is 0. The monoisotopic (exact) mass is 437 g/mol. The fourth-order valence-corrected chi connectivity index (χ4v) is 4.94. The zero-order chi connectivity index (χ0) is 21.9. The van der Waals surface area contributed by atoms with Crippen molar-refractivity contribution in [3.05, 3.63) is 48.0 Å². The quantitative estimate of drug-likeness (QED) is 0.717. The number of carbonyl (C=O) groups excluding carboxylic acids is 1. The maximum absolute atomic E-state index is 13.1. The molecule has 2 aromatic carbocycles. The third kappa shape index (κ3) is 4.35. The summed E-state index contributed by atoms with van der Waals surface area (Å²) in [4.78, 5) is 19.8. The summed E-state index contributed by atoms with van der Waals surface area (Å²) in [6, 6.07) is 14.6. The second-order valence-electron chi connectivity index (χ2n) is 8.60. The zero-order valence-corrected chi connectivity index (χ0v) is 18.7. The molecule has 0 aromatic heterocycles. The van der Waals surface area contributed by atoms with Crippen molar-refractivity contribution in [1.29, 1.82) is 0 Å². The molecule has 1 atom stereocenters. The van der Waals surface area contributed by atoms with Gasteiger partial charge in [-0.1, -0.05) is 6.07 Å². The second kappa shape index (κ2) is 9.28. The van der Waals surface area contributed by atoms with Crippen LogP contribution in [0.2, 0.25) is 0 Å². The lowest BCUT2D eigenvalue weighted by Gasteiger charge is -2.37. The summed E-state index contributed by atoms with van der Waals surface area (Å²) in [5, 5.41) is 0. The van der Waals surface area contributed by atoms with Crippen molar-refractivity contribution in [3.8, 4) is 17.2 Å². The number of piperazine rings is 1. The molecule has 2 aromatic rings. The Labute approximate surface area is 189 Å². The van der Waals surface area contributed by atoms with Gasteiger partial charge in [-0.25, -0.2) is 0 Å². The highest BCUT2D eigenvalue weighted by molar-refractivity contribution is 5.78. The first-order valence-corrected chi connectivity index (χ1v) is 11.5. The maximum Gasteiger partial charge on any atom is 0.236 e. The van der Waals surface area contributed by atoms with E-state index in [0.717, 1.165) is 62.8 Å². The summed E-state index contributed by atoms with van der Waals surface area (Å²) in [5.41, 5.74) is 2.39. The molecule has 0 spiro atoms. The van der Waals surface area contributed by atoms with Gasteiger partial charge in [-0.3, -0.25) is 9.69 Å². The van der Waals surface area contributed by atoms with Crippen LogP contribution < -0.4 is 19.1 Å². The van der Waals surface area contributed by atoms with E-state index in [4.69, 9.17) is 14.2 Å². The summed E-state index contributed by atoms with van der Waals surface area (Å²) < 4.78 is 16.7. The standard InChI is InChI=1S/C25H31N3O4/c1-30-21-7-5-20(6-8-21)26-11-13-27(14-12-26)25(29)18-28-10-2-3-22(28)19-4-9-23-24(17-19)32-16-15-31-23/h4-9,17,22H,2-3,10-16,18H2,1H3. The van der Waals surface area contributed by atoms with Crippen molar-refractivity contribution in [1.82, 2.24) is 9.80 Å². The highest BCUT2D eigenvalue weighted by Crippen LogP contribution is 2.38. The van der Waals surface area contributed by atoms with Gasteiger partial charge >= 0.3 is 0 Å². The van der Waals surface area contributed by atoms with E-state index in [2.05, 4.69) is 34.1 Å². The van der Waals surface area contributed by atoms with Crippen LogP contribution in [0.15, 0.2) is 42.5 Å². The van der Waals surface area contributed by atoms with Crippen molar-refractivity contribution in [2.45, 2.75) is 18.9 Å². The number of benzene rings is 2. The first kappa shape index (κ1) is 20.9. The van der Waals surface area contributed by atoms with Crippen LogP contribution in [0.3, 0.4) is 0 Å². The zero-order valence-electron chi connectivity index (χ0n) is 18.7. The summed E-state index contributed by atoms with van der Waals surface area (Å²) in [6.07, 6.45) is 2.18. The Bertz CT molecular complexity index is 941. The van der Waals surface area contributed by atoms with Gasteiger partial charge in [0.1, 0.15) is 19.0 Å². The second-order valence-corrected chi connectivity index (χ2v) is 8.60. The number of nitrogens with zero attached hydrogens (tertiary/aromatic N) is 3. The molecule has 2 saturated heterocycles. The van der Waals surface area contributed by atoms with Gasteiger partial charge in [0.2, 0.25) is 5.91 Å². The molecule has 170 valence electrons. The van der Waals surface area contributed by atoms with Gasteiger partial charge in [-0.2, -0.15) is 0 Å². The molecule has 0 N–H and O–H groups in total. The van der Waals surface area contributed by atoms with Crippen molar-refractivity contribution < 1.29 is 19.0 Å². The van der Waals surface area contributed by atoms with Gasteiger partial charge in [-0.15, -0.1) is 0 Å². The number of fused-ring (bicyclic) bond motifs is 1. The Kier molecular flexibility index (Phi) is 6.08. The molecule has 2 fully saturated rings. The highest BCUT2D eigenvalue weighted by atomic mass is 16.6. The number of amides is 1. The Morgan fingerprint density at radius 2 is 1.72 bits per heavy atom. The average Bonchev–Trinajstić information content (AvgIpc) is 3.32. The van der Waals surface area contributed by atoms with Crippen molar-refractivity contribution >= 4 is 11.6 Å². The van der Waals surface area contributed by atoms with Crippen LogP contribution in [0, 0.1) is 0 Å². The van der Waals surface area contributed by atoms with E-state index in [1.807, 2.05) is 23.1 Å². The lowest BCUT2D eigenvalue weighted by atomic mass is 10.0. The Hall–Kier alpha value is -2.93. The van der Waals surface area contributed by atoms with E-state index in [9.17, 15) is 4.79 Å². The number of rotatable bonds is 5. The van der Waals surface area contributed by atoms with Crippen LogP contribution in [-0.2, 0) is 4.79 Å². The van der Waals surface area contributed by atoms with Crippen LogP contribution in [0.5, 0.6) is 17.2 Å². The topological polar surface area (TPSA) is 54.5 Å². The fraction of sp³-hybridized carbons (Fsp3) is 0.480. The molecular weight excluding hydrogens is 406 g/mol. The molecule has 3 heterocycles. The minimum absolute atomic E-state index is 0.226. The van der Waals surface area contributed by atoms with Crippen LogP contribution >= 0.6 is 0 Å². The minimum atomic E-state index is 0.226. The van der Waals surface area contributed by atoms with Crippen LogP contribution in [0.25, 0.3) is 0 Å². The van der Waals surface area contributed by atoms with Crippen LogP contribution in [0.4, 0.5) is 5.69 Å². The van der Waals surface area contributed by atoms with E-state index in [1.165, 1.54) is 11.3 Å². The molecule has 7 heteroatoms. The first-order chi connectivity index (χ1) is 15.7. The number of hydrogen-bond acceptors (Lipinski definition) is 6. The lowest BCUT2D eigenvalue weighted by Crippen LogP contribution is -2.51. The molecule has 0 saturated carbocycles. The highest BCUT2D eigenvalue weighted by Gasteiger charge is 2.31. The van der Waals surface area contributed by atoms with Gasteiger partial charge in [0.05, 0.1) is 13.7 Å². The number of anilines is 1. The van der Waals surface area contributed by atoms with E-state index in [-0.39, 0.29) is 11.9 Å². The summed E-state index contributed by atoms with van der Waals surface area (Å²) in [5.74, 6) is 2.72. The largest absolute Gasteiger partial charge is 0.497 e. The number of likely N-dealkylation sites (tertiary alicyclic amines) is 1. The molecule has 5 rings (SSSR count). The van der Waals surface area contributed by atoms with Gasteiger partial charge in [0, 0.05) is 37.9 Å². The number of methoxy groups -OCH3 is 1. The number of hydrogen-bond donors (Lipinski definition) is 0. The van der Waals surface area contributed by atoms with Crippen molar-refractivity contribution in [2.75, 3.05) is 64.5 Å². The lowest BCUT2D eigenvalue weighted by molar-refractivity contribution is -0.133. The third-order valence-electron chi connectivity index (χ3n) is 6.72. The number of carbonyl (C=O) groups is 1. The van der Waals surface area contributed by atoms with Crippen LogP contribution in [-0.4, -0.2) is 75.3 Å². The van der Waals surface area contributed by atoms with Crippen LogP contribution in [0.1, 0.15) is 24.4 Å². The Morgan fingerprint density at radius 1 is 0.969 bits per heavy atom. The smallest absolute Gasteiger partial charge is 0.236 e. The molecule has 32 heavy (non-hydrogen) atoms. The predicted molar refractivity (Wildman–Crippen MR) is 123 cm³/mol. The molecule has 3 aliphatic heterocycles. The third-order valence-corrected chi connectivity index (χ3v) is 6.72. The Morgan fingerprint density at radius 3 is 2.47 bits per heavy atom. The van der Waals surface area contributed by atoms with Gasteiger partial charge in [-0.05, 0) is 61.3 Å². The molecule has 7 nitrogen and oxygen atoms in total.